The number of benzene rings is 1. The van der Waals surface area contributed by atoms with Gasteiger partial charge in [0.25, 0.3) is 0 Å². The number of hydrogen-bond donors (Lipinski definition) is 0. The Bertz CT molecular complexity index is 445. The van der Waals surface area contributed by atoms with Crippen LogP contribution in [0.25, 0.3) is 4.91 Å². The van der Waals surface area contributed by atoms with Gasteiger partial charge in [-0.2, -0.15) is 13.2 Å². The maximum Gasteiger partial charge on any atom is 0.416 e. The molecule has 1 aromatic carbocycles. The summed E-state index contributed by atoms with van der Waals surface area (Å²) in [6.45, 7) is 0. The second kappa shape index (κ2) is 3.97. The quantitative estimate of drug-likeness (QED) is 0.753. The van der Waals surface area contributed by atoms with Gasteiger partial charge in [-0.1, -0.05) is 12.1 Å². The van der Waals surface area contributed by atoms with Gasteiger partial charge in [0.05, 0.1) is 11.3 Å². The molecule has 0 saturated carbocycles. The van der Waals surface area contributed by atoms with Crippen molar-refractivity contribution in [1.29, 1.82) is 0 Å². The molecule has 0 fully saturated rings. The zero-order valence-electron chi connectivity index (χ0n) is 8.04. The lowest BCUT2D eigenvalue weighted by atomic mass is 10.1. The number of carbonyl (C=O) groups excluding carboxylic acids is 1. The molecule has 0 amide bonds. The Morgan fingerprint density at radius 3 is 2.19 bits per heavy atom. The minimum absolute atomic E-state index is 0.0000945. The number of thioether (sulfide) groups is 1. The minimum atomic E-state index is -4.31. The minimum Gasteiger partial charge on any atom is -0.294 e. The number of halogens is 3. The van der Waals surface area contributed by atoms with E-state index in [0.717, 1.165) is 17.0 Å². The molecule has 1 aromatic rings. The summed E-state index contributed by atoms with van der Waals surface area (Å²) in [5.74, 6) is 0.371. The first kappa shape index (κ1) is 11.3. The van der Waals surface area contributed by atoms with Crippen molar-refractivity contribution >= 4 is 22.5 Å². The lowest BCUT2D eigenvalue weighted by molar-refractivity contribution is -0.137. The summed E-state index contributed by atoms with van der Waals surface area (Å²) in [5.41, 5.74) is -0.0185. The van der Waals surface area contributed by atoms with Gasteiger partial charge in [0.15, 0.2) is 5.78 Å². The van der Waals surface area contributed by atoms with Gasteiger partial charge in [-0.3, -0.25) is 4.79 Å². The Labute approximate surface area is 94.3 Å². The molecular formula is C11H7F3OS. The van der Waals surface area contributed by atoms with Crippen LogP contribution in [-0.2, 0) is 11.0 Å². The van der Waals surface area contributed by atoms with E-state index >= 15 is 0 Å². The fraction of sp³-hybridized carbons (Fsp3) is 0.182. The van der Waals surface area contributed by atoms with Gasteiger partial charge < -0.3 is 0 Å². The molecule has 2 rings (SSSR count). The highest BCUT2D eigenvalue weighted by Gasteiger charge is 2.30. The van der Waals surface area contributed by atoms with Crippen LogP contribution in [0.3, 0.4) is 0 Å². The molecule has 0 N–H and O–H groups in total. The number of alkyl halides is 3. The van der Waals surface area contributed by atoms with Crippen LogP contribution in [0.5, 0.6) is 0 Å². The molecule has 0 aliphatic carbocycles. The number of rotatable bonds is 1. The van der Waals surface area contributed by atoms with Gasteiger partial charge in [0.2, 0.25) is 0 Å². The monoisotopic (exact) mass is 244 g/mol. The van der Waals surface area contributed by atoms with E-state index in [1.54, 1.807) is 0 Å². The first-order valence-electron chi connectivity index (χ1n) is 4.52. The summed E-state index contributed by atoms with van der Waals surface area (Å²) in [6.07, 6.45) is -2.85. The number of hydrogen-bond acceptors (Lipinski definition) is 2. The SMILES string of the molecule is O=C1C=C(c2ccc(C(F)(F)F)cc2)SC1. The van der Waals surface area contributed by atoms with Gasteiger partial charge in [0, 0.05) is 4.91 Å². The predicted molar refractivity (Wildman–Crippen MR) is 56.9 cm³/mol. The second-order valence-corrected chi connectivity index (χ2v) is 4.36. The molecule has 1 aliphatic rings. The van der Waals surface area contributed by atoms with Gasteiger partial charge in [-0.15, -0.1) is 11.8 Å². The molecule has 0 spiro atoms. The van der Waals surface area contributed by atoms with Crippen molar-refractivity contribution in [3.63, 3.8) is 0 Å². The fourth-order valence-electron chi connectivity index (χ4n) is 1.37. The summed E-state index contributed by atoms with van der Waals surface area (Å²) in [7, 11) is 0. The Hall–Kier alpha value is -1.23. The number of ketones is 1. The van der Waals surface area contributed by atoms with Crippen LogP contribution in [-0.4, -0.2) is 11.5 Å². The summed E-state index contributed by atoms with van der Waals surface area (Å²) >= 11 is 1.35. The van der Waals surface area contributed by atoms with E-state index in [0.29, 0.717) is 11.3 Å². The molecule has 1 heterocycles. The average molecular weight is 244 g/mol. The number of carbonyl (C=O) groups is 1. The molecule has 1 nitrogen and oxygen atoms in total. The van der Waals surface area contributed by atoms with Crippen LogP contribution in [0.15, 0.2) is 30.3 Å². The summed E-state index contributed by atoms with van der Waals surface area (Å²) in [5, 5.41) is 0. The van der Waals surface area contributed by atoms with Crippen molar-refractivity contribution in [2.24, 2.45) is 0 Å². The Balaban J connectivity index is 2.27. The number of allylic oxidation sites excluding steroid dienone is 1. The third kappa shape index (κ3) is 2.29. The molecule has 0 radical (unpaired) electrons. The standard InChI is InChI=1S/C11H7F3OS/c12-11(13,14)8-3-1-7(2-4-8)10-5-9(15)6-16-10/h1-5H,6H2. The normalized spacial score (nSPS) is 16.4. The van der Waals surface area contributed by atoms with E-state index in [-0.39, 0.29) is 5.78 Å². The van der Waals surface area contributed by atoms with Gasteiger partial charge in [0.1, 0.15) is 0 Å². The van der Waals surface area contributed by atoms with Gasteiger partial charge in [-0.25, -0.2) is 0 Å². The zero-order chi connectivity index (χ0) is 11.8. The highest BCUT2D eigenvalue weighted by molar-refractivity contribution is 8.09. The molecule has 84 valence electrons. The van der Waals surface area contributed by atoms with Crippen molar-refractivity contribution in [3.8, 4) is 0 Å². The predicted octanol–water partition coefficient (Wildman–Crippen LogP) is 3.36. The zero-order valence-corrected chi connectivity index (χ0v) is 8.86. The maximum atomic E-state index is 12.3. The molecule has 0 bridgehead atoms. The van der Waals surface area contributed by atoms with E-state index in [1.165, 1.54) is 30.0 Å². The molecule has 1 aliphatic heterocycles. The lowest BCUT2D eigenvalue weighted by Gasteiger charge is -2.07. The highest BCUT2D eigenvalue weighted by atomic mass is 32.2. The van der Waals surface area contributed by atoms with Crippen LogP contribution in [0.2, 0.25) is 0 Å². The first-order valence-corrected chi connectivity index (χ1v) is 5.50. The molecule has 5 heteroatoms. The highest BCUT2D eigenvalue weighted by Crippen LogP contribution is 2.34. The second-order valence-electron chi connectivity index (χ2n) is 3.34. The van der Waals surface area contributed by atoms with Crippen LogP contribution in [0.4, 0.5) is 13.2 Å². The summed E-state index contributed by atoms with van der Waals surface area (Å²) < 4.78 is 36.9. The average Bonchev–Trinajstić information content (AvgIpc) is 2.64. The molecule has 0 atom stereocenters. The molecule has 0 saturated heterocycles. The van der Waals surface area contributed by atoms with Crippen molar-refractivity contribution in [2.75, 3.05) is 5.75 Å². The Morgan fingerprint density at radius 2 is 1.75 bits per heavy atom. The van der Waals surface area contributed by atoms with Crippen molar-refractivity contribution in [3.05, 3.63) is 41.5 Å². The van der Waals surface area contributed by atoms with Crippen molar-refractivity contribution < 1.29 is 18.0 Å². The van der Waals surface area contributed by atoms with E-state index in [2.05, 4.69) is 0 Å². The van der Waals surface area contributed by atoms with Crippen LogP contribution in [0.1, 0.15) is 11.1 Å². The van der Waals surface area contributed by atoms with Crippen molar-refractivity contribution in [1.82, 2.24) is 0 Å². The van der Waals surface area contributed by atoms with E-state index < -0.39 is 11.7 Å². The molecule has 0 unspecified atom stereocenters. The Kier molecular flexibility index (Phi) is 2.80. The van der Waals surface area contributed by atoms with Gasteiger partial charge >= 0.3 is 6.18 Å². The van der Waals surface area contributed by atoms with Crippen LogP contribution in [0, 0.1) is 0 Å². The van der Waals surface area contributed by atoms with E-state index in [9.17, 15) is 18.0 Å². The maximum absolute atomic E-state index is 12.3. The molecule has 16 heavy (non-hydrogen) atoms. The van der Waals surface area contributed by atoms with Gasteiger partial charge in [-0.05, 0) is 23.8 Å². The van der Waals surface area contributed by atoms with E-state index in [4.69, 9.17) is 0 Å². The Morgan fingerprint density at radius 1 is 1.12 bits per heavy atom. The molecular weight excluding hydrogens is 237 g/mol. The van der Waals surface area contributed by atoms with Crippen molar-refractivity contribution in [2.45, 2.75) is 6.18 Å². The molecule has 0 aromatic heterocycles. The fourth-order valence-corrected chi connectivity index (χ4v) is 2.27. The summed E-state index contributed by atoms with van der Waals surface area (Å²) in [4.78, 5) is 11.7. The van der Waals surface area contributed by atoms with Crippen LogP contribution < -0.4 is 0 Å². The third-order valence-corrected chi connectivity index (χ3v) is 3.25. The smallest absolute Gasteiger partial charge is 0.294 e. The largest absolute Gasteiger partial charge is 0.416 e. The van der Waals surface area contributed by atoms with Crippen LogP contribution >= 0.6 is 11.8 Å². The first-order chi connectivity index (χ1) is 7.47. The third-order valence-electron chi connectivity index (χ3n) is 2.16. The summed E-state index contributed by atoms with van der Waals surface area (Å²) in [6, 6.07) is 4.83. The van der Waals surface area contributed by atoms with E-state index in [1.807, 2.05) is 0 Å². The topological polar surface area (TPSA) is 17.1 Å². The lowest BCUT2D eigenvalue weighted by Crippen LogP contribution is -2.04.